The molecule has 4 nitrogen and oxygen atoms in total. The van der Waals surface area contributed by atoms with E-state index < -0.39 is 0 Å². The Hall–Kier alpha value is -1.84. The van der Waals surface area contributed by atoms with E-state index >= 15 is 0 Å². The zero-order valence-corrected chi connectivity index (χ0v) is 15.1. The molecule has 0 unspecified atom stereocenters. The third-order valence-corrected chi connectivity index (χ3v) is 5.20. The standard InChI is InChI=1S/C14H19NO.C6H11NO/c1-3-12-9-14(16)15(10-12)11(2)13-7-5-4-6-8-13;1-2-5-3-6(8)7-4-5/h4-8,11-12H,3,9-10H2,1-2H3;5H,2-4H2,1H3,(H,7,8)/t11-,12-;5-/m11/s1. The lowest BCUT2D eigenvalue weighted by atomic mass is 10.1. The number of rotatable bonds is 4. The van der Waals surface area contributed by atoms with Crippen LogP contribution >= 0.6 is 0 Å². The third kappa shape index (κ3) is 4.83. The predicted octanol–water partition coefficient (Wildman–Crippen LogP) is 3.54. The molecule has 2 saturated heterocycles. The number of carbonyl (C=O) groups is 2. The zero-order chi connectivity index (χ0) is 17.5. The van der Waals surface area contributed by atoms with Gasteiger partial charge in [0, 0.05) is 25.9 Å². The molecule has 0 aliphatic carbocycles. The van der Waals surface area contributed by atoms with Crippen LogP contribution in [0.2, 0.25) is 0 Å². The van der Waals surface area contributed by atoms with Crippen molar-refractivity contribution >= 4 is 11.8 Å². The zero-order valence-electron chi connectivity index (χ0n) is 15.1. The van der Waals surface area contributed by atoms with Gasteiger partial charge in [-0.25, -0.2) is 0 Å². The first kappa shape index (κ1) is 18.5. The number of hydrogen-bond donors (Lipinski definition) is 1. The second-order valence-corrected chi connectivity index (χ2v) is 6.89. The number of carbonyl (C=O) groups excluding carboxylic acids is 2. The van der Waals surface area contributed by atoms with Crippen LogP contribution in [0.25, 0.3) is 0 Å². The maximum Gasteiger partial charge on any atom is 0.223 e. The van der Waals surface area contributed by atoms with Gasteiger partial charge in [0.2, 0.25) is 11.8 Å². The first-order chi connectivity index (χ1) is 11.5. The molecule has 1 aromatic carbocycles. The highest BCUT2D eigenvalue weighted by Gasteiger charge is 2.31. The van der Waals surface area contributed by atoms with Gasteiger partial charge < -0.3 is 10.2 Å². The number of nitrogens with one attached hydrogen (secondary N) is 1. The van der Waals surface area contributed by atoms with Crippen LogP contribution in [0.1, 0.15) is 58.1 Å². The van der Waals surface area contributed by atoms with Gasteiger partial charge in [-0.05, 0) is 24.3 Å². The lowest BCUT2D eigenvalue weighted by molar-refractivity contribution is -0.129. The van der Waals surface area contributed by atoms with E-state index in [9.17, 15) is 9.59 Å². The monoisotopic (exact) mass is 330 g/mol. The lowest BCUT2D eigenvalue weighted by Gasteiger charge is -2.25. The number of amides is 2. The van der Waals surface area contributed by atoms with Crippen LogP contribution in [0, 0.1) is 11.8 Å². The molecule has 0 spiro atoms. The minimum atomic E-state index is 0.213. The topological polar surface area (TPSA) is 49.4 Å². The molecule has 1 aromatic rings. The molecule has 24 heavy (non-hydrogen) atoms. The second-order valence-electron chi connectivity index (χ2n) is 6.89. The van der Waals surface area contributed by atoms with Gasteiger partial charge >= 0.3 is 0 Å². The average molecular weight is 330 g/mol. The minimum Gasteiger partial charge on any atom is -0.356 e. The molecule has 0 radical (unpaired) electrons. The van der Waals surface area contributed by atoms with E-state index in [-0.39, 0.29) is 11.9 Å². The van der Waals surface area contributed by atoms with Crippen LogP contribution in [-0.2, 0) is 9.59 Å². The summed E-state index contributed by atoms with van der Waals surface area (Å²) in [4.78, 5) is 24.4. The first-order valence-electron chi connectivity index (χ1n) is 9.16. The van der Waals surface area contributed by atoms with E-state index in [0.717, 1.165) is 38.8 Å². The largest absolute Gasteiger partial charge is 0.356 e. The Balaban J connectivity index is 0.000000219. The molecule has 2 fully saturated rings. The summed E-state index contributed by atoms with van der Waals surface area (Å²) in [7, 11) is 0. The van der Waals surface area contributed by atoms with Crippen molar-refractivity contribution in [1.82, 2.24) is 10.2 Å². The molecular weight excluding hydrogens is 300 g/mol. The summed E-state index contributed by atoms with van der Waals surface area (Å²) in [5.74, 6) is 1.70. The Labute approximate surface area is 145 Å². The van der Waals surface area contributed by atoms with Gasteiger partial charge in [0.25, 0.3) is 0 Å². The van der Waals surface area contributed by atoms with Crippen molar-refractivity contribution in [3.05, 3.63) is 35.9 Å². The fourth-order valence-electron chi connectivity index (χ4n) is 3.32. The van der Waals surface area contributed by atoms with Crippen LogP contribution in [0.3, 0.4) is 0 Å². The summed E-state index contributed by atoms with van der Waals surface area (Å²) >= 11 is 0. The van der Waals surface area contributed by atoms with Crippen LogP contribution < -0.4 is 5.32 Å². The molecule has 2 heterocycles. The average Bonchev–Trinajstić information content (AvgIpc) is 3.21. The van der Waals surface area contributed by atoms with Gasteiger partial charge in [-0.2, -0.15) is 0 Å². The SMILES string of the molecule is CC[C@@H]1CC(=O)N([C@H](C)c2ccccc2)C1.CC[C@H]1CNC(=O)C1. The van der Waals surface area contributed by atoms with Gasteiger partial charge in [0.15, 0.2) is 0 Å². The van der Waals surface area contributed by atoms with Crippen molar-refractivity contribution in [2.45, 2.75) is 52.5 Å². The van der Waals surface area contributed by atoms with Crippen molar-refractivity contribution in [3.63, 3.8) is 0 Å². The summed E-state index contributed by atoms with van der Waals surface area (Å²) in [6.07, 6.45) is 3.70. The predicted molar refractivity (Wildman–Crippen MR) is 96.4 cm³/mol. The van der Waals surface area contributed by atoms with E-state index in [4.69, 9.17) is 0 Å². The fraction of sp³-hybridized carbons (Fsp3) is 0.600. The normalized spacial score (nSPS) is 24.4. The highest BCUT2D eigenvalue weighted by molar-refractivity contribution is 5.79. The molecule has 2 amide bonds. The molecule has 3 rings (SSSR count). The van der Waals surface area contributed by atoms with Crippen molar-refractivity contribution in [3.8, 4) is 0 Å². The van der Waals surface area contributed by atoms with Crippen molar-refractivity contribution in [2.24, 2.45) is 11.8 Å². The number of nitrogens with zero attached hydrogens (tertiary/aromatic N) is 1. The number of hydrogen-bond acceptors (Lipinski definition) is 2. The Morgan fingerprint density at radius 2 is 1.75 bits per heavy atom. The van der Waals surface area contributed by atoms with E-state index in [1.165, 1.54) is 5.56 Å². The van der Waals surface area contributed by atoms with E-state index in [2.05, 4.69) is 38.2 Å². The molecule has 2 aliphatic rings. The van der Waals surface area contributed by atoms with E-state index in [0.29, 0.717) is 17.7 Å². The fourth-order valence-corrected chi connectivity index (χ4v) is 3.32. The Morgan fingerprint density at radius 3 is 2.21 bits per heavy atom. The Kier molecular flexibility index (Phi) is 6.83. The quantitative estimate of drug-likeness (QED) is 0.918. The van der Waals surface area contributed by atoms with Crippen molar-refractivity contribution < 1.29 is 9.59 Å². The van der Waals surface area contributed by atoms with Crippen LogP contribution in [0.15, 0.2) is 30.3 Å². The molecule has 0 aromatic heterocycles. The Bertz CT molecular complexity index is 544. The summed E-state index contributed by atoms with van der Waals surface area (Å²) < 4.78 is 0. The van der Waals surface area contributed by atoms with E-state index in [1.54, 1.807) is 0 Å². The van der Waals surface area contributed by atoms with Gasteiger partial charge in [-0.15, -0.1) is 0 Å². The molecule has 4 heteroatoms. The first-order valence-corrected chi connectivity index (χ1v) is 9.16. The lowest BCUT2D eigenvalue weighted by Crippen LogP contribution is -2.28. The highest BCUT2D eigenvalue weighted by atomic mass is 16.2. The number of likely N-dealkylation sites (tertiary alicyclic amines) is 1. The Morgan fingerprint density at radius 1 is 1.08 bits per heavy atom. The van der Waals surface area contributed by atoms with Gasteiger partial charge in [0.1, 0.15) is 0 Å². The summed E-state index contributed by atoms with van der Waals surface area (Å²) in [5.41, 5.74) is 1.23. The summed E-state index contributed by atoms with van der Waals surface area (Å²) in [6, 6.07) is 10.5. The number of benzene rings is 1. The smallest absolute Gasteiger partial charge is 0.223 e. The molecule has 1 N–H and O–H groups in total. The van der Waals surface area contributed by atoms with Gasteiger partial charge in [0.05, 0.1) is 6.04 Å². The molecule has 2 aliphatic heterocycles. The van der Waals surface area contributed by atoms with Crippen LogP contribution in [0.5, 0.6) is 0 Å². The van der Waals surface area contributed by atoms with Crippen molar-refractivity contribution in [1.29, 1.82) is 0 Å². The van der Waals surface area contributed by atoms with Gasteiger partial charge in [-0.3, -0.25) is 9.59 Å². The molecule has 0 saturated carbocycles. The van der Waals surface area contributed by atoms with Crippen LogP contribution in [0.4, 0.5) is 0 Å². The second kappa shape index (κ2) is 8.86. The summed E-state index contributed by atoms with van der Waals surface area (Å²) in [6.45, 7) is 8.21. The molecule has 132 valence electrons. The molecular formula is C20H30N2O2. The molecule has 0 bridgehead atoms. The molecule has 3 atom stereocenters. The summed E-state index contributed by atoms with van der Waals surface area (Å²) in [5, 5.41) is 2.78. The van der Waals surface area contributed by atoms with E-state index in [1.807, 2.05) is 23.1 Å². The minimum absolute atomic E-state index is 0.213. The van der Waals surface area contributed by atoms with Crippen LogP contribution in [-0.4, -0.2) is 29.8 Å². The maximum atomic E-state index is 11.9. The maximum absolute atomic E-state index is 11.9. The van der Waals surface area contributed by atoms with Gasteiger partial charge in [-0.1, -0.05) is 57.0 Å². The van der Waals surface area contributed by atoms with Crippen molar-refractivity contribution in [2.75, 3.05) is 13.1 Å². The third-order valence-electron chi connectivity index (χ3n) is 5.20. The highest BCUT2D eigenvalue weighted by Crippen LogP contribution is 2.29.